The fourth-order valence-electron chi connectivity index (χ4n) is 1.38. The third-order valence-electron chi connectivity index (χ3n) is 2.02. The quantitative estimate of drug-likeness (QED) is 0.689. The van der Waals surface area contributed by atoms with Crippen molar-refractivity contribution < 1.29 is 4.79 Å². The molecule has 4 heteroatoms. The molecule has 3 nitrogen and oxygen atoms in total. The molecule has 0 saturated carbocycles. The second kappa shape index (κ2) is 3.33. The topological polar surface area (TPSA) is 42.0 Å². The van der Waals surface area contributed by atoms with E-state index in [-0.39, 0.29) is 11.8 Å². The molecule has 12 heavy (non-hydrogen) atoms. The van der Waals surface area contributed by atoms with Gasteiger partial charge >= 0.3 is 0 Å². The second-order valence-corrected chi connectivity index (χ2v) is 3.49. The van der Waals surface area contributed by atoms with Gasteiger partial charge in [0.15, 0.2) is 11.3 Å². The van der Waals surface area contributed by atoms with E-state index in [9.17, 15) is 4.79 Å². The maximum atomic E-state index is 11.6. The van der Waals surface area contributed by atoms with Crippen LogP contribution in [0.2, 0.25) is 0 Å². The maximum Gasteiger partial charge on any atom is 0.198 e. The van der Waals surface area contributed by atoms with E-state index < -0.39 is 0 Å². The molecule has 1 N–H and O–H groups in total. The van der Waals surface area contributed by atoms with Crippen LogP contribution in [0.5, 0.6) is 0 Å². The zero-order valence-corrected chi connectivity index (χ0v) is 7.36. The summed E-state index contributed by atoms with van der Waals surface area (Å²) in [6.07, 6.45) is 2.03. The molecule has 1 aromatic heterocycles. The molecule has 63 valence electrons. The number of carbonyl (C=O) groups excluding carboxylic acids is 1. The van der Waals surface area contributed by atoms with Gasteiger partial charge in [0.2, 0.25) is 0 Å². The highest BCUT2D eigenvalue weighted by atomic mass is 32.1. The lowest BCUT2D eigenvalue weighted by Crippen LogP contribution is -2.30. The van der Waals surface area contributed by atoms with Gasteiger partial charge in [0.25, 0.3) is 0 Å². The van der Waals surface area contributed by atoms with Crippen molar-refractivity contribution in [3.05, 3.63) is 16.6 Å². The summed E-state index contributed by atoms with van der Waals surface area (Å²) in [5.41, 5.74) is 3.23. The number of rotatable bonds is 2. The predicted molar refractivity (Wildman–Crippen MR) is 46.3 cm³/mol. The van der Waals surface area contributed by atoms with Gasteiger partial charge in [0.1, 0.15) is 5.69 Å². The third-order valence-corrected chi connectivity index (χ3v) is 2.56. The average molecular weight is 181 g/mol. The normalized spacial score (nSPS) is 22.8. The number of hydrogen-bond donors (Lipinski definition) is 1. The zero-order chi connectivity index (χ0) is 8.39. The molecule has 1 aliphatic heterocycles. The molecule has 2 heterocycles. The summed E-state index contributed by atoms with van der Waals surface area (Å²) in [5, 5.41) is 4.90. The average Bonchev–Trinajstić information content (AvgIpc) is 2.77. The molecule has 0 aromatic carbocycles. The Bertz CT molecular complexity index is 265. The van der Waals surface area contributed by atoms with Crippen molar-refractivity contribution in [1.82, 2.24) is 10.3 Å². The van der Waals surface area contributed by atoms with E-state index in [4.69, 9.17) is 0 Å². The van der Waals surface area contributed by atoms with Crippen molar-refractivity contribution in [2.24, 2.45) is 0 Å². The minimum Gasteiger partial charge on any atom is -0.307 e. The van der Waals surface area contributed by atoms with E-state index in [2.05, 4.69) is 15.8 Å². The van der Waals surface area contributed by atoms with Gasteiger partial charge in [-0.3, -0.25) is 4.79 Å². The van der Waals surface area contributed by atoms with Gasteiger partial charge in [-0.05, 0) is 19.4 Å². The van der Waals surface area contributed by atoms with Gasteiger partial charge in [-0.15, -0.1) is 11.3 Å². The smallest absolute Gasteiger partial charge is 0.198 e. The van der Waals surface area contributed by atoms with E-state index in [1.54, 1.807) is 5.38 Å². The van der Waals surface area contributed by atoms with Crippen LogP contribution >= 0.6 is 11.3 Å². The lowest BCUT2D eigenvalue weighted by molar-refractivity contribution is 0.0948. The van der Waals surface area contributed by atoms with Crippen LogP contribution in [-0.2, 0) is 0 Å². The fraction of sp³-hybridized carbons (Fsp3) is 0.500. The summed E-state index contributed by atoms with van der Waals surface area (Å²) in [7, 11) is 0. The molecule has 0 bridgehead atoms. The standard InChI is InChI=1S/C8H9N2OS/c11-8(6-2-1-3-9-6)7-4-12-5-10-7/h4,6,9H,1-3H2. The molecule has 1 aliphatic rings. The first kappa shape index (κ1) is 7.89. The Labute approximate surface area is 74.8 Å². The summed E-state index contributed by atoms with van der Waals surface area (Å²) in [5.74, 6) is 0.116. The first-order valence-electron chi connectivity index (χ1n) is 3.97. The Morgan fingerprint density at radius 2 is 2.75 bits per heavy atom. The summed E-state index contributed by atoms with van der Waals surface area (Å²) < 4.78 is 0. The molecule has 0 amide bonds. The molecule has 1 fully saturated rings. The Morgan fingerprint density at radius 1 is 1.83 bits per heavy atom. The van der Waals surface area contributed by atoms with E-state index in [1.807, 2.05) is 0 Å². The minimum absolute atomic E-state index is 0.000463. The summed E-state index contributed by atoms with van der Waals surface area (Å²) >= 11 is 1.34. The van der Waals surface area contributed by atoms with Crippen LogP contribution in [0.15, 0.2) is 5.38 Å². The van der Waals surface area contributed by atoms with Crippen LogP contribution < -0.4 is 5.32 Å². The lowest BCUT2D eigenvalue weighted by atomic mass is 10.1. The van der Waals surface area contributed by atoms with Crippen molar-refractivity contribution in [3.8, 4) is 0 Å². The first-order chi connectivity index (χ1) is 5.88. The van der Waals surface area contributed by atoms with Crippen LogP contribution in [-0.4, -0.2) is 23.4 Å². The third kappa shape index (κ3) is 1.40. The van der Waals surface area contributed by atoms with Crippen LogP contribution in [0.3, 0.4) is 0 Å². The molecule has 1 atom stereocenters. The molecule has 2 rings (SSSR count). The van der Waals surface area contributed by atoms with Gasteiger partial charge in [-0.1, -0.05) is 0 Å². The minimum atomic E-state index is 0.000463. The number of Topliss-reactive ketones (excluding diaryl/α,β-unsaturated/α-hetero) is 1. The van der Waals surface area contributed by atoms with Crippen LogP contribution in [0.1, 0.15) is 23.3 Å². The van der Waals surface area contributed by atoms with Gasteiger partial charge < -0.3 is 5.32 Å². The van der Waals surface area contributed by atoms with E-state index >= 15 is 0 Å². The van der Waals surface area contributed by atoms with E-state index in [0.717, 1.165) is 19.4 Å². The molecular weight excluding hydrogens is 172 g/mol. The molecule has 1 aromatic rings. The number of carbonyl (C=O) groups is 1. The number of nitrogens with zero attached hydrogens (tertiary/aromatic N) is 1. The van der Waals surface area contributed by atoms with Gasteiger partial charge in [-0.2, -0.15) is 0 Å². The van der Waals surface area contributed by atoms with Crippen molar-refractivity contribution >= 4 is 17.1 Å². The van der Waals surface area contributed by atoms with Crippen molar-refractivity contribution in [2.45, 2.75) is 18.9 Å². The predicted octanol–water partition coefficient (Wildman–Crippen LogP) is 0.878. The number of aromatic nitrogens is 1. The molecule has 0 spiro atoms. The van der Waals surface area contributed by atoms with Crippen LogP contribution in [0, 0.1) is 5.51 Å². The zero-order valence-electron chi connectivity index (χ0n) is 6.54. The monoisotopic (exact) mass is 181 g/mol. The maximum absolute atomic E-state index is 11.6. The molecule has 1 radical (unpaired) electrons. The highest BCUT2D eigenvalue weighted by Crippen LogP contribution is 2.11. The van der Waals surface area contributed by atoms with Gasteiger partial charge in [-0.25, -0.2) is 4.98 Å². The number of thiazole rings is 1. The Morgan fingerprint density at radius 3 is 3.33 bits per heavy atom. The van der Waals surface area contributed by atoms with Gasteiger partial charge in [0.05, 0.1) is 6.04 Å². The molecular formula is C8H9N2OS. The number of nitrogens with one attached hydrogen (secondary N) is 1. The highest BCUT2D eigenvalue weighted by molar-refractivity contribution is 7.07. The highest BCUT2D eigenvalue weighted by Gasteiger charge is 2.24. The number of ketones is 1. The van der Waals surface area contributed by atoms with Crippen molar-refractivity contribution in [2.75, 3.05) is 6.54 Å². The molecule has 0 aliphatic carbocycles. The largest absolute Gasteiger partial charge is 0.307 e. The van der Waals surface area contributed by atoms with Crippen molar-refractivity contribution in [3.63, 3.8) is 0 Å². The van der Waals surface area contributed by atoms with E-state index in [1.165, 1.54) is 11.3 Å². The van der Waals surface area contributed by atoms with E-state index in [0.29, 0.717) is 5.69 Å². The summed E-state index contributed by atoms with van der Waals surface area (Å²) in [6.45, 7) is 0.949. The SMILES string of the molecule is O=C(c1cs[c]n1)C1CCCN1. The Hall–Kier alpha value is -0.740. The summed E-state index contributed by atoms with van der Waals surface area (Å²) in [4.78, 5) is 15.4. The Kier molecular flexibility index (Phi) is 2.19. The van der Waals surface area contributed by atoms with Gasteiger partial charge in [0, 0.05) is 5.38 Å². The molecule has 1 saturated heterocycles. The van der Waals surface area contributed by atoms with Crippen LogP contribution in [0.4, 0.5) is 0 Å². The number of hydrogen-bond acceptors (Lipinski definition) is 4. The first-order valence-corrected chi connectivity index (χ1v) is 4.85. The van der Waals surface area contributed by atoms with Crippen LogP contribution in [0.25, 0.3) is 0 Å². The second-order valence-electron chi connectivity index (χ2n) is 2.84. The fourth-order valence-corrected chi connectivity index (χ4v) is 1.87. The molecule has 1 unspecified atom stereocenters. The lowest BCUT2D eigenvalue weighted by Gasteiger charge is -2.04. The summed E-state index contributed by atoms with van der Waals surface area (Å²) in [6, 6.07) is 0.000463. The van der Waals surface area contributed by atoms with Crippen molar-refractivity contribution in [1.29, 1.82) is 0 Å². The Balaban J connectivity index is 2.09.